The summed E-state index contributed by atoms with van der Waals surface area (Å²) in [6.07, 6.45) is 0.0159. The Kier molecular flexibility index (Phi) is 5.00. The van der Waals surface area contributed by atoms with Gasteiger partial charge in [0.1, 0.15) is 0 Å². The number of fused-ring (bicyclic) bond motifs is 1. The highest BCUT2D eigenvalue weighted by molar-refractivity contribution is 9.10. The molecule has 0 unspecified atom stereocenters. The van der Waals surface area contributed by atoms with Gasteiger partial charge in [0.15, 0.2) is 6.10 Å². The van der Waals surface area contributed by atoms with Crippen LogP contribution in [0.5, 0.6) is 0 Å². The lowest BCUT2D eigenvalue weighted by atomic mass is 9.99. The first-order chi connectivity index (χ1) is 11.6. The Hall–Kier alpha value is -2.14. The lowest BCUT2D eigenvalue weighted by molar-refractivity contribution is -0.140. The minimum atomic E-state index is -0.810. The maximum absolute atomic E-state index is 12.6. The Morgan fingerprint density at radius 2 is 1.75 bits per heavy atom. The van der Waals surface area contributed by atoms with Crippen molar-refractivity contribution in [3.63, 3.8) is 0 Å². The SMILES string of the molecule is C[C@H](OC(=O)c1ccccc1Br)C(=O)N1CCc2ccccc2C1. The van der Waals surface area contributed by atoms with Gasteiger partial charge in [0.05, 0.1) is 5.56 Å². The van der Waals surface area contributed by atoms with Gasteiger partial charge in [-0.3, -0.25) is 4.79 Å². The number of rotatable bonds is 3. The van der Waals surface area contributed by atoms with E-state index in [1.807, 2.05) is 24.3 Å². The third-order valence-electron chi connectivity index (χ3n) is 4.17. The number of amides is 1. The average Bonchev–Trinajstić information content (AvgIpc) is 2.60. The molecule has 1 heterocycles. The first kappa shape index (κ1) is 16.7. The average molecular weight is 388 g/mol. The summed E-state index contributed by atoms with van der Waals surface area (Å²) in [7, 11) is 0. The van der Waals surface area contributed by atoms with E-state index in [0.717, 1.165) is 12.0 Å². The number of nitrogens with zero attached hydrogens (tertiary/aromatic N) is 1. The molecule has 5 heteroatoms. The molecule has 0 radical (unpaired) electrons. The number of carbonyl (C=O) groups excluding carboxylic acids is 2. The number of esters is 1. The second-order valence-electron chi connectivity index (χ2n) is 5.81. The van der Waals surface area contributed by atoms with Crippen LogP contribution in [-0.4, -0.2) is 29.4 Å². The number of ether oxygens (including phenoxy) is 1. The lowest BCUT2D eigenvalue weighted by Gasteiger charge is -2.30. The number of carbonyl (C=O) groups is 2. The molecule has 0 aliphatic carbocycles. The number of hydrogen-bond acceptors (Lipinski definition) is 3. The topological polar surface area (TPSA) is 46.6 Å². The monoisotopic (exact) mass is 387 g/mol. The molecule has 3 rings (SSSR count). The summed E-state index contributed by atoms with van der Waals surface area (Å²) < 4.78 is 6.01. The fourth-order valence-electron chi connectivity index (χ4n) is 2.84. The smallest absolute Gasteiger partial charge is 0.340 e. The minimum Gasteiger partial charge on any atom is -0.449 e. The molecule has 0 aromatic heterocycles. The Bertz CT molecular complexity index is 775. The first-order valence-corrected chi connectivity index (χ1v) is 8.66. The van der Waals surface area contributed by atoms with Gasteiger partial charge in [-0.2, -0.15) is 0 Å². The summed E-state index contributed by atoms with van der Waals surface area (Å²) in [5.41, 5.74) is 2.85. The second kappa shape index (κ2) is 7.18. The molecule has 2 aromatic carbocycles. The summed E-state index contributed by atoms with van der Waals surface area (Å²) in [5.74, 6) is -0.661. The molecule has 1 aliphatic heterocycles. The number of hydrogen-bond donors (Lipinski definition) is 0. The van der Waals surface area contributed by atoms with E-state index in [2.05, 4.69) is 22.0 Å². The van der Waals surface area contributed by atoms with E-state index in [9.17, 15) is 9.59 Å². The van der Waals surface area contributed by atoms with Crippen molar-refractivity contribution in [3.05, 3.63) is 69.7 Å². The van der Waals surface area contributed by atoms with E-state index in [4.69, 9.17) is 4.74 Å². The van der Waals surface area contributed by atoms with Gasteiger partial charge in [-0.25, -0.2) is 4.79 Å². The van der Waals surface area contributed by atoms with Crippen LogP contribution in [0, 0.1) is 0 Å². The van der Waals surface area contributed by atoms with Gasteiger partial charge >= 0.3 is 5.97 Å². The van der Waals surface area contributed by atoms with Crippen LogP contribution in [0.2, 0.25) is 0 Å². The lowest BCUT2D eigenvalue weighted by Crippen LogP contribution is -2.42. The van der Waals surface area contributed by atoms with E-state index in [1.165, 1.54) is 5.56 Å². The van der Waals surface area contributed by atoms with Crippen molar-refractivity contribution in [1.82, 2.24) is 4.90 Å². The molecule has 1 atom stereocenters. The fraction of sp³-hybridized carbons (Fsp3) is 0.263. The third-order valence-corrected chi connectivity index (χ3v) is 4.86. The molecule has 0 bridgehead atoms. The molecule has 4 nitrogen and oxygen atoms in total. The fourth-order valence-corrected chi connectivity index (χ4v) is 3.29. The molecule has 2 aromatic rings. The van der Waals surface area contributed by atoms with Crippen LogP contribution in [0.1, 0.15) is 28.4 Å². The maximum Gasteiger partial charge on any atom is 0.340 e. The van der Waals surface area contributed by atoms with Gasteiger partial charge in [0, 0.05) is 17.6 Å². The summed E-state index contributed by atoms with van der Waals surface area (Å²) in [4.78, 5) is 26.6. The van der Waals surface area contributed by atoms with Gasteiger partial charge in [-0.05, 0) is 52.5 Å². The number of halogens is 1. The molecule has 0 saturated heterocycles. The summed E-state index contributed by atoms with van der Waals surface area (Å²) >= 11 is 3.32. The van der Waals surface area contributed by atoms with E-state index in [1.54, 1.807) is 30.0 Å². The zero-order valence-electron chi connectivity index (χ0n) is 13.4. The summed E-state index contributed by atoms with van der Waals surface area (Å²) in [6.45, 7) is 2.83. The van der Waals surface area contributed by atoms with Gasteiger partial charge < -0.3 is 9.64 Å². The van der Waals surface area contributed by atoms with Crippen molar-refractivity contribution >= 4 is 27.8 Å². The van der Waals surface area contributed by atoms with Crippen LogP contribution in [0.3, 0.4) is 0 Å². The molecule has 1 aliphatic rings. The summed E-state index contributed by atoms with van der Waals surface area (Å²) in [6, 6.07) is 15.1. The molecule has 124 valence electrons. The molecule has 24 heavy (non-hydrogen) atoms. The Morgan fingerprint density at radius 1 is 1.08 bits per heavy atom. The second-order valence-corrected chi connectivity index (χ2v) is 6.66. The highest BCUT2D eigenvalue weighted by atomic mass is 79.9. The van der Waals surface area contributed by atoms with Crippen LogP contribution in [0.15, 0.2) is 53.0 Å². The number of benzene rings is 2. The van der Waals surface area contributed by atoms with E-state index >= 15 is 0 Å². The van der Waals surface area contributed by atoms with Crippen LogP contribution in [0.25, 0.3) is 0 Å². The minimum absolute atomic E-state index is 0.162. The van der Waals surface area contributed by atoms with Crippen molar-refractivity contribution < 1.29 is 14.3 Å². The van der Waals surface area contributed by atoms with Crippen LogP contribution < -0.4 is 0 Å². The quantitative estimate of drug-likeness (QED) is 0.756. The molecule has 0 N–H and O–H groups in total. The van der Waals surface area contributed by atoms with Crippen molar-refractivity contribution in [2.24, 2.45) is 0 Å². The predicted octanol–water partition coefficient (Wildman–Crippen LogP) is 3.58. The molecule has 0 saturated carbocycles. The van der Waals surface area contributed by atoms with Crippen molar-refractivity contribution in [2.75, 3.05) is 6.54 Å². The van der Waals surface area contributed by atoms with Crippen LogP contribution in [0.4, 0.5) is 0 Å². The Labute approximate surface area is 149 Å². The van der Waals surface area contributed by atoms with Gasteiger partial charge in [0.25, 0.3) is 5.91 Å². The highest BCUT2D eigenvalue weighted by Crippen LogP contribution is 2.21. The maximum atomic E-state index is 12.6. The van der Waals surface area contributed by atoms with Crippen LogP contribution >= 0.6 is 15.9 Å². The van der Waals surface area contributed by atoms with Crippen molar-refractivity contribution in [3.8, 4) is 0 Å². The van der Waals surface area contributed by atoms with Gasteiger partial charge in [-0.15, -0.1) is 0 Å². The van der Waals surface area contributed by atoms with Crippen molar-refractivity contribution in [1.29, 1.82) is 0 Å². The Morgan fingerprint density at radius 3 is 2.50 bits per heavy atom. The van der Waals surface area contributed by atoms with E-state index in [0.29, 0.717) is 23.1 Å². The molecular formula is C19H18BrNO3. The molecular weight excluding hydrogens is 370 g/mol. The standard InChI is InChI=1S/C19H18BrNO3/c1-13(24-19(23)16-8-4-5-9-17(16)20)18(22)21-11-10-14-6-2-3-7-15(14)12-21/h2-9,13H,10-12H2,1H3/t13-/m0/s1. The highest BCUT2D eigenvalue weighted by Gasteiger charge is 2.27. The molecule has 0 spiro atoms. The largest absolute Gasteiger partial charge is 0.449 e. The molecule has 0 fully saturated rings. The zero-order chi connectivity index (χ0) is 17.1. The van der Waals surface area contributed by atoms with Crippen molar-refractivity contribution in [2.45, 2.75) is 26.0 Å². The Balaban J connectivity index is 1.65. The van der Waals surface area contributed by atoms with Gasteiger partial charge in [0.2, 0.25) is 0 Å². The summed E-state index contributed by atoms with van der Waals surface area (Å²) in [5, 5.41) is 0. The molecule has 1 amide bonds. The van der Waals surface area contributed by atoms with E-state index < -0.39 is 12.1 Å². The van der Waals surface area contributed by atoms with Gasteiger partial charge in [-0.1, -0.05) is 36.4 Å². The third kappa shape index (κ3) is 3.51. The zero-order valence-corrected chi connectivity index (χ0v) is 15.0. The van der Waals surface area contributed by atoms with E-state index in [-0.39, 0.29) is 5.91 Å². The predicted molar refractivity (Wildman–Crippen MR) is 94.6 cm³/mol. The van der Waals surface area contributed by atoms with Crippen LogP contribution in [-0.2, 0) is 22.5 Å². The first-order valence-electron chi connectivity index (χ1n) is 7.87. The normalized spacial score (nSPS) is 14.7.